The first kappa shape index (κ1) is 15.0. The second-order valence-corrected chi connectivity index (χ2v) is 7.63. The van der Waals surface area contributed by atoms with Gasteiger partial charge in [-0.05, 0) is 59.2 Å². The standard InChI is InChI=1S/C23H20N4/c1-2-17(11-18-9-15(1)18)23-20-12-16(4-6-22(20)24-7-8-25-23)14-3-5-21-19(10-14)13-26-27-21/h1-6,10-13,15,18,24H,7-9H2,(H,26,27). The molecule has 2 atom stereocenters. The van der Waals surface area contributed by atoms with Crippen molar-refractivity contribution in [1.82, 2.24) is 10.2 Å². The van der Waals surface area contributed by atoms with Gasteiger partial charge in [-0.2, -0.15) is 5.10 Å². The van der Waals surface area contributed by atoms with Crippen molar-refractivity contribution in [3.8, 4) is 11.1 Å². The Bertz CT molecular complexity index is 1150. The molecule has 2 unspecified atom stereocenters. The molecule has 0 bridgehead atoms. The fourth-order valence-electron chi connectivity index (χ4n) is 4.21. The topological polar surface area (TPSA) is 53.1 Å². The summed E-state index contributed by atoms with van der Waals surface area (Å²) < 4.78 is 0. The van der Waals surface area contributed by atoms with E-state index in [0.29, 0.717) is 0 Å². The van der Waals surface area contributed by atoms with Crippen molar-refractivity contribution in [2.75, 3.05) is 18.4 Å². The van der Waals surface area contributed by atoms with Crippen LogP contribution < -0.4 is 5.32 Å². The van der Waals surface area contributed by atoms with Crippen molar-refractivity contribution >= 4 is 22.3 Å². The first-order chi connectivity index (χ1) is 13.3. The zero-order valence-corrected chi connectivity index (χ0v) is 14.9. The lowest BCUT2D eigenvalue weighted by Gasteiger charge is -2.15. The van der Waals surface area contributed by atoms with Crippen LogP contribution in [0.15, 0.2) is 71.4 Å². The number of hydrogen-bond donors (Lipinski definition) is 2. The average Bonchev–Trinajstić information content (AvgIpc) is 3.39. The Morgan fingerprint density at radius 2 is 1.93 bits per heavy atom. The van der Waals surface area contributed by atoms with Gasteiger partial charge in [-0.25, -0.2) is 0 Å². The number of fused-ring (bicyclic) bond motifs is 3. The van der Waals surface area contributed by atoms with E-state index in [2.05, 4.69) is 70.1 Å². The number of hydrogen-bond acceptors (Lipinski definition) is 3. The molecular weight excluding hydrogens is 332 g/mol. The molecule has 0 amide bonds. The van der Waals surface area contributed by atoms with Crippen LogP contribution in [0.4, 0.5) is 5.69 Å². The number of benzene rings is 2. The van der Waals surface area contributed by atoms with E-state index in [4.69, 9.17) is 4.99 Å². The molecule has 0 spiro atoms. The quantitative estimate of drug-likeness (QED) is 0.709. The molecule has 3 aliphatic rings. The smallest absolute Gasteiger partial charge is 0.0737 e. The van der Waals surface area contributed by atoms with Crippen molar-refractivity contribution in [1.29, 1.82) is 0 Å². The normalized spacial score (nSPS) is 23.0. The van der Waals surface area contributed by atoms with Gasteiger partial charge in [0.2, 0.25) is 0 Å². The SMILES string of the molecule is C1=CC2CC2C=C1C1=NCCNc2ccc(-c3ccc4[nH]ncc4c3)cc21. The van der Waals surface area contributed by atoms with Gasteiger partial charge in [-0.3, -0.25) is 10.1 Å². The second kappa shape index (κ2) is 5.68. The third-order valence-electron chi connectivity index (χ3n) is 5.83. The molecule has 0 radical (unpaired) electrons. The Morgan fingerprint density at radius 3 is 2.89 bits per heavy atom. The summed E-state index contributed by atoms with van der Waals surface area (Å²) in [5.74, 6) is 1.49. The third-order valence-corrected chi connectivity index (χ3v) is 5.83. The zero-order valence-electron chi connectivity index (χ0n) is 14.9. The number of nitrogens with zero attached hydrogens (tertiary/aromatic N) is 2. The lowest BCUT2D eigenvalue weighted by Crippen LogP contribution is -2.07. The Kier molecular flexibility index (Phi) is 3.15. The van der Waals surface area contributed by atoms with Gasteiger partial charge in [0, 0.05) is 23.2 Å². The third kappa shape index (κ3) is 2.52. The molecule has 2 N–H and O–H groups in total. The lowest BCUT2D eigenvalue weighted by molar-refractivity contribution is 0.972. The summed E-state index contributed by atoms with van der Waals surface area (Å²) in [6.45, 7) is 1.68. The van der Waals surface area contributed by atoms with Crippen molar-refractivity contribution < 1.29 is 0 Å². The number of anilines is 1. The summed E-state index contributed by atoms with van der Waals surface area (Å²) in [6.07, 6.45) is 10.2. The predicted molar refractivity (Wildman–Crippen MR) is 110 cm³/mol. The molecule has 3 aromatic rings. The number of aromatic nitrogens is 2. The van der Waals surface area contributed by atoms with Crippen LogP contribution in [0.5, 0.6) is 0 Å². The molecule has 1 aliphatic heterocycles. The van der Waals surface area contributed by atoms with Crippen molar-refractivity contribution in [3.63, 3.8) is 0 Å². The molecule has 132 valence electrons. The Hall–Kier alpha value is -3.14. The summed E-state index contributed by atoms with van der Waals surface area (Å²) in [5.41, 5.74) is 8.25. The fourth-order valence-corrected chi connectivity index (χ4v) is 4.21. The highest BCUT2D eigenvalue weighted by atomic mass is 15.1. The zero-order chi connectivity index (χ0) is 17.8. The maximum Gasteiger partial charge on any atom is 0.0737 e. The molecule has 2 aliphatic carbocycles. The molecule has 1 fully saturated rings. The summed E-state index contributed by atoms with van der Waals surface area (Å²) in [5, 5.41) is 11.8. The molecule has 1 saturated carbocycles. The van der Waals surface area contributed by atoms with Crippen LogP contribution in [0.3, 0.4) is 0 Å². The molecule has 2 aromatic carbocycles. The summed E-state index contributed by atoms with van der Waals surface area (Å²) in [4.78, 5) is 4.94. The fraction of sp³-hybridized carbons (Fsp3) is 0.217. The number of nitrogens with one attached hydrogen (secondary N) is 2. The summed E-state index contributed by atoms with van der Waals surface area (Å²) in [6, 6.07) is 13.1. The van der Waals surface area contributed by atoms with Gasteiger partial charge in [-0.15, -0.1) is 0 Å². The minimum atomic E-state index is 0.721. The minimum absolute atomic E-state index is 0.721. The Balaban J connectivity index is 1.47. The van der Waals surface area contributed by atoms with Crippen LogP contribution >= 0.6 is 0 Å². The van der Waals surface area contributed by atoms with Gasteiger partial charge in [0.25, 0.3) is 0 Å². The first-order valence-electron chi connectivity index (χ1n) is 9.62. The Labute approximate surface area is 157 Å². The van der Waals surface area contributed by atoms with E-state index in [9.17, 15) is 0 Å². The van der Waals surface area contributed by atoms with Crippen LogP contribution in [0.2, 0.25) is 0 Å². The number of aliphatic imine (C=N–C) groups is 1. The number of aromatic amines is 1. The monoisotopic (exact) mass is 352 g/mol. The Morgan fingerprint density at radius 1 is 1.00 bits per heavy atom. The maximum atomic E-state index is 4.94. The van der Waals surface area contributed by atoms with Gasteiger partial charge in [0.15, 0.2) is 0 Å². The molecule has 4 heteroatoms. The lowest BCUT2D eigenvalue weighted by atomic mass is 9.93. The second-order valence-electron chi connectivity index (χ2n) is 7.63. The molecule has 1 aromatic heterocycles. The van der Waals surface area contributed by atoms with Crippen LogP contribution in [-0.2, 0) is 0 Å². The van der Waals surface area contributed by atoms with Crippen LogP contribution in [0.25, 0.3) is 22.0 Å². The highest BCUT2D eigenvalue weighted by molar-refractivity contribution is 6.18. The number of allylic oxidation sites excluding steroid dienone is 4. The van der Waals surface area contributed by atoms with Crippen molar-refractivity contribution in [2.45, 2.75) is 6.42 Å². The molecule has 0 saturated heterocycles. The van der Waals surface area contributed by atoms with E-state index in [-0.39, 0.29) is 0 Å². The van der Waals surface area contributed by atoms with Crippen LogP contribution in [0.1, 0.15) is 12.0 Å². The largest absolute Gasteiger partial charge is 0.383 e. The number of benzodiazepines with no additional fused rings is 1. The van der Waals surface area contributed by atoms with E-state index in [1.54, 1.807) is 0 Å². The molecule has 4 nitrogen and oxygen atoms in total. The summed E-state index contributed by atoms with van der Waals surface area (Å²) >= 11 is 0. The van der Waals surface area contributed by atoms with Gasteiger partial charge in [0.1, 0.15) is 0 Å². The van der Waals surface area contributed by atoms with E-state index in [1.165, 1.54) is 34.4 Å². The van der Waals surface area contributed by atoms with Crippen molar-refractivity contribution in [2.24, 2.45) is 16.8 Å². The van der Waals surface area contributed by atoms with Gasteiger partial charge in [0.05, 0.1) is 24.0 Å². The number of H-pyrrole nitrogens is 1. The van der Waals surface area contributed by atoms with Gasteiger partial charge >= 0.3 is 0 Å². The predicted octanol–water partition coefficient (Wildman–Crippen LogP) is 4.58. The highest BCUT2D eigenvalue weighted by Gasteiger charge is 2.36. The van der Waals surface area contributed by atoms with E-state index < -0.39 is 0 Å². The number of rotatable bonds is 2. The minimum Gasteiger partial charge on any atom is -0.383 e. The van der Waals surface area contributed by atoms with E-state index in [0.717, 1.165) is 41.5 Å². The van der Waals surface area contributed by atoms with Crippen LogP contribution in [-0.4, -0.2) is 29.0 Å². The molecule has 2 heterocycles. The summed E-state index contributed by atoms with van der Waals surface area (Å²) in [7, 11) is 0. The van der Waals surface area contributed by atoms with E-state index in [1.807, 2.05) is 6.20 Å². The average molecular weight is 352 g/mol. The van der Waals surface area contributed by atoms with Crippen LogP contribution in [0, 0.1) is 11.8 Å². The van der Waals surface area contributed by atoms with E-state index >= 15 is 0 Å². The molecule has 6 rings (SSSR count). The first-order valence-corrected chi connectivity index (χ1v) is 9.62. The van der Waals surface area contributed by atoms with Gasteiger partial charge < -0.3 is 5.32 Å². The molecule has 27 heavy (non-hydrogen) atoms. The maximum absolute atomic E-state index is 4.94. The highest BCUT2D eigenvalue weighted by Crippen LogP contribution is 2.45. The van der Waals surface area contributed by atoms with Crippen molar-refractivity contribution in [3.05, 3.63) is 72.0 Å². The molecular formula is C23H20N4. The van der Waals surface area contributed by atoms with Gasteiger partial charge in [-0.1, -0.05) is 30.4 Å².